The Hall–Kier alpha value is -1.84. The van der Waals surface area contributed by atoms with Gasteiger partial charge in [0.1, 0.15) is 0 Å². The summed E-state index contributed by atoms with van der Waals surface area (Å²) in [4.78, 5) is 21.2. The molecule has 1 rings (SSSR count). The second-order valence-corrected chi connectivity index (χ2v) is 3.10. The number of benzene rings is 1. The minimum absolute atomic E-state index is 0.219. The van der Waals surface area contributed by atoms with E-state index >= 15 is 0 Å². The average Bonchev–Trinajstić information content (AvgIpc) is 2.06. The van der Waals surface area contributed by atoms with Crippen LogP contribution in [0.25, 0.3) is 0 Å². The summed E-state index contributed by atoms with van der Waals surface area (Å²) < 4.78 is 0. The van der Waals surface area contributed by atoms with Gasteiger partial charge >= 0.3 is 0 Å². The molecule has 4 heteroatoms. The quantitative estimate of drug-likeness (QED) is 0.688. The van der Waals surface area contributed by atoms with E-state index < -0.39 is 0 Å². The number of nitrogens with two attached hydrogens (primary N) is 2. The van der Waals surface area contributed by atoms with Crippen molar-refractivity contribution in [2.24, 2.45) is 11.5 Å². The third kappa shape index (κ3) is 3.26. The van der Waals surface area contributed by atoms with Gasteiger partial charge in [-0.2, -0.15) is 0 Å². The molecule has 0 heterocycles. The van der Waals surface area contributed by atoms with E-state index in [2.05, 4.69) is 0 Å². The average molecular weight is 192 g/mol. The van der Waals surface area contributed by atoms with Crippen LogP contribution in [0.2, 0.25) is 0 Å². The summed E-state index contributed by atoms with van der Waals surface area (Å²) in [6.07, 6.45) is 0.438. The highest BCUT2D eigenvalue weighted by molar-refractivity contribution is 5.77. The molecule has 0 aliphatic rings. The van der Waals surface area contributed by atoms with Gasteiger partial charge < -0.3 is 11.5 Å². The molecule has 0 saturated heterocycles. The number of rotatable bonds is 4. The predicted octanol–water partition coefficient (Wildman–Crippen LogP) is -0.258. The molecule has 4 nitrogen and oxygen atoms in total. The van der Waals surface area contributed by atoms with Crippen LogP contribution in [0.3, 0.4) is 0 Å². The molecule has 14 heavy (non-hydrogen) atoms. The Morgan fingerprint density at radius 3 is 1.36 bits per heavy atom. The van der Waals surface area contributed by atoms with Crippen LogP contribution in [0.4, 0.5) is 0 Å². The molecule has 0 aromatic heterocycles. The fraction of sp³-hybridized carbons (Fsp3) is 0.200. The van der Waals surface area contributed by atoms with Crippen LogP contribution in [-0.4, -0.2) is 11.8 Å². The smallest absolute Gasteiger partial charge is 0.221 e. The first kappa shape index (κ1) is 10.2. The zero-order chi connectivity index (χ0) is 10.6. The van der Waals surface area contributed by atoms with Crippen LogP contribution < -0.4 is 11.5 Å². The van der Waals surface area contributed by atoms with Crippen molar-refractivity contribution in [1.29, 1.82) is 0 Å². The standard InChI is InChI=1S/C10H12N2O2/c11-9(13)5-7-1-2-8(4-3-7)6-10(12)14/h1-4H,5-6H2,(H2,11,13)(H2,12,14). The fourth-order valence-corrected chi connectivity index (χ4v) is 1.18. The van der Waals surface area contributed by atoms with E-state index in [1.54, 1.807) is 24.3 Å². The molecule has 0 aliphatic carbocycles. The summed E-state index contributed by atoms with van der Waals surface area (Å²) in [6.45, 7) is 0. The Bertz CT molecular complexity index is 309. The van der Waals surface area contributed by atoms with Gasteiger partial charge in [0.05, 0.1) is 12.8 Å². The van der Waals surface area contributed by atoms with E-state index in [9.17, 15) is 9.59 Å². The van der Waals surface area contributed by atoms with Crippen molar-refractivity contribution in [3.63, 3.8) is 0 Å². The first-order valence-electron chi connectivity index (χ1n) is 4.22. The lowest BCUT2D eigenvalue weighted by Crippen LogP contribution is -2.14. The molecule has 4 N–H and O–H groups in total. The summed E-state index contributed by atoms with van der Waals surface area (Å²) in [5, 5.41) is 0. The van der Waals surface area contributed by atoms with Crippen LogP contribution in [0.15, 0.2) is 24.3 Å². The van der Waals surface area contributed by atoms with Gasteiger partial charge in [0.15, 0.2) is 0 Å². The summed E-state index contributed by atoms with van der Waals surface area (Å²) in [6, 6.07) is 7.07. The Balaban J connectivity index is 2.68. The van der Waals surface area contributed by atoms with Crippen molar-refractivity contribution in [1.82, 2.24) is 0 Å². The minimum Gasteiger partial charge on any atom is -0.369 e. The number of hydrogen-bond donors (Lipinski definition) is 2. The lowest BCUT2D eigenvalue weighted by Gasteiger charge is -2.00. The zero-order valence-corrected chi connectivity index (χ0v) is 7.69. The Kier molecular flexibility index (Phi) is 3.23. The molecule has 1 aromatic carbocycles. The zero-order valence-electron chi connectivity index (χ0n) is 7.69. The normalized spacial score (nSPS) is 9.71. The van der Waals surface area contributed by atoms with Crippen LogP contribution >= 0.6 is 0 Å². The van der Waals surface area contributed by atoms with Gasteiger partial charge in [0, 0.05) is 0 Å². The number of carbonyl (C=O) groups excluding carboxylic acids is 2. The molecule has 0 saturated carbocycles. The van der Waals surface area contributed by atoms with Gasteiger partial charge in [-0.1, -0.05) is 24.3 Å². The second kappa shape index (κ2) is 4.41. The highest BCUT2D eigenvalue weighted by Crippen LogP contribution is 2.05. The van der Waals surface area contributed by atoms with Gasteiger partial charge in [-0.05, 0) is 11.1 Å². The molecule has 74 valence electrons. The topological polar surface area (TPSA) is 86.2 Å². The maximum Gasteiger partial charge on any atom is 0.221 e. The molecule has 1 aromatic rings. The third-order valence-electron chi connectivity index (χ3n) is 1.78. The summed E-state index contributed by atoms with van der Waals surface area (Å²) in [5.41, 5.74) is 11.7. The molecule has 0 atom stereocenters. The molecular formula is C10H12N2O2. The first-order chi connectivity index (χ1) is 6.58. The van der Waals surface area contributed by atoms with E-state index in [0.717, 1.165) is 11.1 Å². The summed E-state index contributed by atoms with van der Waals surface area (Å²) in [7, 11) is 0. The predicted molar refractivity (Wildman–Crippen MR) is 52.2 cm³/mol. The SMILES string of the molecule is NC(=O)Cc1ccc(CC(N)=O)cc1. The Labute approximate surface area is 81.9 Å². The molecule has 0 aliphatic heterocycles. The van der Waals surface area contributed by atoms with Crippen LogP contribution in [-0.2, 0) is 22.4 Å². The molecule has 0 bridgehead atoms. The van der Waals surface area contributed by atoms with Gasteiger partial charge in [0.2, 0.25) is 11.8 Å². The van der Waals surface area contributed by atoms with E-state index in [-0.39, 0.29) is 24.7 Å². The number of carbonyl (C=O) groups is 2. The summed E-state index contributed by atoms with van der Waals surface area (Å²) in [5.74, 6) is -0.736. The van der Waals surface area contributed by atoms with Gasteiger partial charge in [-0.3, -0.25) is 9.59 Å². The highest BCUT2D eigenvalue weighted by Gasteiger charge is 2.00. The molecular weight excluding hydrogens is 180 g/mol. The number of hydrogen-bond acceptors (Lipinski definition) is 2. The maximum atomic E-state index is 10.6. The maximum absolute atomic E-state index is 10.6. The monoisotopic (exact) mass is 192 g/mol. The van der Waals surface area contributed by atoms with E-state index in [4.69, 9.17) is 11.5 Å². The second-order valence-electron chi connectivity index (χ2n) is 3.10. The van der Waals surface area contributed by atoms with E-state index in [1.807, 2.05) is 0 Å². The lowest BCUT2D eigenvalue weighted by molar-refractivity contribution is -0.118. The van der Waals surface area contributed by atoms with Crippen molar-refractivity contribution >= 4 is 11.8 Å². The van der Waals surface area contributed by atoms with Gasteiger partial charge in [-0.15, -0.1) is 0 Å². The highest BCUT2D eigenvalue weighted by atomic mass is 16.1. The fourth-order valence-electron chi connectivity index (χ4n) is 1.18. The van der Waals surface area contributed by atoms with E-state index in [0.29, 0.717) is 0 Å². The van der Waals surface area contributed by atoms with Crippen LogP contribution in [0.1, 0.15) is 11.1 Å². The van der Waals surface area contributed by atoms with Crippen LogP contribution in [0, 0.1) is 0 Å². The van der Waals surface area contributed by atoms with Crippen molar-refractivity contribution in [3.8, 4) is 0 Å². The molecule has 0 fully saturated rings. The number of amides is 2. The first-order valence-corrected chi connectivity index (χ1v) is 4.22. The number of primary amides is 2. The Morgan fingerprint density at radius 2 is 1.14 bits per heavy atom. The molecule has 2 amide bonds. The molecule has 0 radical (unpaired) electrons. The third-order valence-corrected chi connectivity index (χ3v) is 1.78. The minimum atomic E-state index is -0.368. The largest absolute Gasteiger partial charge is 0.369 e. The van der Waals surface area contributed by atoms with Crippen molar-refractivity contribution < 1.29 is 9.59 Å². The Morgan fingerprint density at radius 1 is 0.857 bits per heavy atom. The lowest BCUT2D eigenvalue weighted by atomic mass is 10.1. The van der Waals surface area contributed by atoms with Gasteiger partial charge in [0.25, 0.3) is 0 Å². The summed E-state index contributed by atoms with van der Waals surface area (Å²) >= 11 is 0. The van der Waals surface area contributed by atoms with Crippen LogP contribution in [0.5, 0.6) is 0 Å². The van der Waals surface area contributed by atoms with Gasteiger partial charge in [-0.25, -0.2) is 0 Å². The van der Waals surface area contributed by atoms with Crippen molar-refractivity contribution in [2.45, 2.75) is 12.8 Å². The van der Waals surface area contributed by atoms with Crippen molar-refractivity contribution in [2.75, 3.05) is 0 Å². The van der Waals surface area contributed by atoms with Crippen molar-refractivity contribution in [3.05, 3.63) is 35.4 Å². The molecule has 0 unspecified atom stereocenters. The molecule has 0 spiro atoms. The van der Waals surface area contributed by atoms with E-state index in [1.165, 1.54) is 0 Å².